The van der Waals surface area contributed by atoms with E-state index in [9.17, 15) is 25.6 Å². The summed E-state index contributed by atoms with van der Waals surface area (Å²) in [7, 11) is -7.22. The van der Waals surface area contributed by atoms with Crippen LogP contribution in [0.3, 0.4) is 0 Å². The molecule has 152 valence electrons. The van der Waals surface area contributed by atoms with Crippen molar-refractivity contribution in [1.29, 1.82) is 0 Å². The Bertz CT molecular complexity index is 1300. The van der Waals surface area contributed by atoms with Gasteiger partial charge in [0.25, 0.3) is 0 Å². The Balaban J connectivity index is 1.96. The number of hydrogen-bond donors (Lipinski definition) is 0. The minimum Gasteiger partial charge on any atom is -0.224 e. The van der Waals surface area contributed by atoms with E-state index >= 15 is 0 Å². The molecule has 0 spiro atoms. The second-order valence-corrected chi connectivity index (χ2v) is 10.8. The van der Waals surface area contributed by atoms with Crippen molar-refractivity contribution in [3.63, 3.8) is 0 Å². The lowest BCUT2D eigenvalue weighted by molar-refractivity contribution is 0.585. The number of sulfone groups is 2. The van der Waals surface area contributed by atoms with Crippen LogP contribution in [0.5, 0.6) is 0 Å². The number of hydrogen-bond acceptors (Lipinski definition) is 4. The van der Waals surface area contributed by atoms with E-state index in [1.54, 1.807) is 13.0 Å². The Morgan fingerprint density at radius 3 is 2.21 bits per heavy atom. The fourth-order valence-corrected chi connectivity index (χ4v) is 5.34. The van der Waals surface area contributed by atoms with Gasteiger partial charge in [-0.1, -0.05) is 24.3 Å². The first-order valence-electron chi connectivity index (χ1n) is 8.55. The molecule has 0 aliphatic heterocycles. The molecule has 0 aliphatic rings. The Labute approximate surface area is 168 Å². The third kappa shape index (κ3) is 4.71. The molecule has 3 aromatic carbocycles. The third-order valence-electron chi connectivity index (χ3n) is 4.44. The van der Waals surface area contributed by atoms with Crippen LogP contribution >= 0.6 is 0 Å². The number of halogens is 2. The number of benzene rings is 3. The molecule has 0 radical (unpaired) electrons. The van der Waals surface area contributed by atoms with E-state index in [0.29, 0.717) is 16.7 Å². The summed E-state index contributed by atoms with van der Waals surface area (Å²) in [5, 5.41) is 0. The van der Waals surface area contributed by atoms with Crippen LogP contribution in [0.15, 0.2) is 70.5 Å². The van der Waals surface area contributed by atoms with Gasteiger partial charge < -0.3 is 0 Å². The molecular formula is C21H18F2O4S2. The van der Waals surface area contributed by atoms with Crippen LogP contribution in [0.1, 0.15) is 11.1 Å². The largest absolute Gasteiger partial charge is 0.224 e. The third-order valence-corrected chi connectivity index (χ3v) is 7.39. The predicted octanol–water partition coefficient (Wildman–Crippen LogP) is 4.32. The average Bonchev–Trinajstić information content (AvgIpc) is 2.60. The molecule has 29 heavy (non-hydrogen) atoms. The topological polar surface area (TPSA) is 68.3 Å². The highest BCUT2D eigenvalue weighted by molar-refractivity contribution is 7.91. The van der Waals surface area contributed by atoms with Crippen LogP contribution in [0.4, 0.5) is 8.78 Å². The quantitative estimate of drug-likeness (QED) is 0.598. The fourth-order valence-electron chi connectivity index (χ4n) is 3.05. The summed E-state index contributed by atoms with van der Waals surface area (Å²) >= 11 is 0. The molecule has 8 heteroatoms. The molecule has 0 bridgehead atoms. The summed E-state index contributed by atoms with van der Waals surface area (Å²) in [5.41, 5.74) is 1.35. The summed E-state index contributed by atoms with van der Waals surface area (Å²) in [6, 6.07) is 13.3. The Hall–Kier alpha value is -2.58. The van der Waals surface area contributed by atoms with Gasteiger partial charge in [-0.25, -0.2) is 25.6 Å². The zero-order chi connectivity index (χ0) is 21.4. The van der Waals surface area contributed by atoms with Gasteiger partial charge in [0.05, 0.1) is 15.5 Å². The van der Waals surface area contributed by atoms with Crippen LogP contribution in [0.25, 0.3) is 11.1 Å². The van der Waals surface area contributed by atoms with E-state index in [1.165, 1.54) is 42.5 Å². The summed E-state index contributed by atoms with van der Waals surface area (Å²) in [6.07, 6.45) is 1.05. The van der Waals surface area contributed by atoms with Crippen molar-refractivity contribution in [3.8, 4) is 11.1 Å². The van der Waals surface area contributed by atoms with Crippen molar-refractivity contribution in [2.24, 2.45) is 0 Å². The van der Waals surface area contributed by atoms with Gasteiger partial charge in [0.2, 0.25) is 0 Å². The van der Waals surface area contributed by atoms with Gasteiger partial charge in [-0.3, -0.25) is 0 Å². The average molecular weight is 437 g/mol. The summed E-state index contributed by atoms with van der Waals surface area (Å²) in [5.74, 6) is -1.81. The minimum atomic E-state index is -3.77. The number of aryl methyl sites for hydroxylation is 1. The molecule has 3 rings (SSSR count). The molecule has 0 aromatic heterocycles. The second-order valence-electron chi connectivity index (χ2n) is 6.78. The lowest BCUT2D eigenvalue weighted by atomic mass is 10.0. The first-order valence-corrected chi connectivity index (χ1v) is 12.1. The van der Waals surface area contributed by atoms with Crippen LogP contribution in [-0.2, 0) is 25.4 Å². The van der Waals surface area contributed by atoms with Crippen molar-refractivity contribution in [2.45, 2.75) is 22.5 Å². The molecular weight excluding hydrogens is 418 g/mol. The SMILES string of the molecule is Cc1cc(-c2ccc(F)cc2F)ccc1S(=O)(=O)Cc1cccc(S(C)(=O)=O)c1. The van der Waals surface area contributed by atoms with Gasteiger partial charge in [0.1, 0.15) is 11.6 Å². The van der Waals surface area contributed by atoms with E-state index in [2.05, 4.69) is 0 Å². The first-order chi connectivity index (χ1) is 13.5. The Kier molecular flexibility index (Phi) is 5.60. The molecule has 3 aromatic rings. The molecule has 0 aliphatic carbocycles. The maximum absolute atomic E-state index is 14.0. The molecule has 0 N–H and O–H groups in total. The standard InChI is InChI=1S/C21H18F2O4S2/c1-14-10-16(19-8-7-17(22)12-20(19)23)6-9-21(14)29(26,27)13-15-4-3-5-18(11-15)28(2,24)25/h3-12H,13H2,1-2H3. The van der Waals surface area contributed by atoms with E-state index in [1.807, 2.05) is 0 Å². The van der Waals surface area contributed by atoms with Crippen LogP contribution in [-0.4, -0.2) is 23.1 Å². The maximum atomic E-state index is 14.0. The molecule has 0 fully saturated rings. The van der Waals surface area contributed by atoms with Gasteiger partial charge in [0, 0.05) is 17.9 Å². The molecule has 0 unspecified atom stereocenters. The maximum Gasteiger partial charge on any atom is 0.182 e. The predicted molar refractivity (Wildman–Crippen MR) is 107 cm³/mol. The van der Waals surface area contributed by atoms with Crippen molar-refractivity contribution in [2.75, 3.05) is 6.26 Å². The molecule has 0 saturated carbocycles. The van der Waals surface area contributed by atoms with E-state index in [4.69, 9.17) is 0 Å². The number of rotatable bonds is 5. The molecule has 4 nitrogen and oxygen atoms in total. The summed E-state index contributed by atoms with van der Waals surface area (Å²) < 4.78 is 76.3. The zero-order valence-corrected chi connectivity index (χ0v) is 17.3. The van der Waals surface area contributed by atoms with Gasteiger partial charge in [-0.2, -0.15) is 0 Å². The zero-order valence-electron chi connectivity index (χ0n) is 15.7. The van der Waals surface area contributed by atoms with Crippen LogP contribution < -0.4 is 0 Å². The van der Waals surface area contributed by atoms with Gasteiger partial charge in [-0.05, 0) is 53.9 Å². The van der Waals surface area contributed by atoms with E-state index in [-0.39, 0.29) is 21.1 Å². The lowest BCUT2D eigenvalue weighted by Crippen LogP contribution is -2.08. The van der Waals surface area contributed by atoms with E-state index < -0.39 is 31.3 Å². The summed E-state index contributed by atoms with van der Waals surface area (Å²) in [4.78, 5) is 0.109. The first kappa shape index (κ1) is 21.1. The molecule has 0 amide bonds. The highest BCUT2D eigenvalue weighted by Crippen LogP contribution is 2.29. The normalized spacial score (nSPS) is 12.1. The van der Waals surface area contributed by atoms with Crippen molar-refractivity contribution < 1.29 is 25.6 Å². The highest BCUT2D eigenvalue weighted by atomic mass is 32.2. The smallest absolute Gasteiger partial charge is 0.182 e. The van der Waals surface area contributed by atoms with Crippen LogP contribution in [0.2, 0.25) is 0 Å². The second kappa shape index (κ2) is 7.68. The van der Waals surface area contributed by atoms with Gasteiger partial charge >= 0.3 is 0 Å². The molecule has 0 atom stereocenters. The van der Waals surface area contributed by atoms with Crippen molar-refractivity contribution in [3.05, 3.63) is 83.4 Å². The monoisotopic (exact) mass is 436 g/mol. The Morgan fingerprint density at radius 1 is 0.862 bits per heavy atom. The van der Waals surface area contributed by atoms with E-state index in [0.717, 1.165) is 18.4 Å². The van der Waals surface area contributed by atoms with Gasteiger partial charge in [0.15, 0.2) is 19.7 Å². The summed E-state index contributed by atoms with van der Waals surface area (Å²) in [6.45, 7) is 1.59. The van der Waals surface area contributed by atoms with Gasteiger partial charge in [-0.15, -0.1) is 0 Å². The lowest BCUT2D eigenvalue weighted by Gasteiger charge is -2.11. The molecule has 0 heterocycles. The van der Waals surface area contributed by atoms with Crippen molar-refractivity contribution in [1.82, 2.24) is 0 Å². The highest BCUT2D eigenvalue weighted by Gasteiger charge is 2.20. The van der Waals surface area contributed by atoms with Crippen LogP contribution in [0, 0.1) is 18.6 Å². The minimum absolute atomic E-state index is 0.0454. The Morgan fingerprint density at radius 2 is 1.59 bits per heavy atom. The molecule has 0 saturated heterocycles. The fraction of sp³-hybridized carbons (Fsp3) is 0.143. The van der Waals surface area contributed by atoms with Crippen molar-refractivity contribution >= 4 is 19.7 Å².